The van der Waals surface area contributed by atoms with Crippen LogP contribution in [0, 0.1) is 12.7 Å². The number of esters is 1. The smallest absolute Gasteiger partial charge is 0.339 e. The van der Waals surface area contributed by atoms with Gasteiger partial charge in [-0.05, 0) is 49.7 Å². The fraction of sp³-hybridized carbons (Fsp3) is 0.276. The largest absolute Gasteiger partial charge is 0.465 e. The van der Waals surface area contributed by atoms with Gasteiger partial charge in [0, 0.05) is 37.4 Å². The van der Waals surface area contributed by atoms with Crippen molar-refractivity contribution in [1.82, 2.24) is 9.97 Å². The summed E-state index contributed by atoms with van der Waals surface area (Å²) in [4.78, 5) is 26.3. The third-order valence-corrected chi connectivity index (χ3v) is 6.78. The Kier molecular flexibility index (Phi) is 6.90. The Morgan fingerprint density at radius 3 is 2.49 bits per heavy atom. The lowest BCUT2D eigenvalue weighted by Crippen LogP contribution is -2.47. The number of carbonyl (C=O) groups excluding carboxylic acids is 1. The maximum Gasteiger partial charge on any atom is 0.339 e. The number of halogens is 1. The third-order valence-electron chi connectivity index (χ3n) is 6.78. The summed E-state index contributed by atoms with van der Waals surface area (Å²) < 4.78 is 19.2. The van der Waals surface area contributed by atoms with Crippen molar-refractivity contribution in [2.75, 3.05) is 48.4 Å². The van der Waals surface area contributed by atoms with Gasteiger partial charge in [-0.2, -0.15) is 0 Å². The number of hydrogen-bond donors (Lipinski definition) is 1. The fourth-order valence-electron chi connectivity index (χ4n) is 4.85. The SMILES string of the molecule is COC(=O)c1ccccc1NC(C)c1cc(C)cc2ncc(N3CCN(c4ccccc4F)CC3)nc12. The van der Waals surface area contributed by atoms with Gasteiger partial charge in [-0.3, -0.25) is 4.98 Å². The van der Waals surface area contributed by atoms with Crippen molar-refractivity contribution in [2.45, 2.75) is 19.9 Å². The molecule has 1 aliphatic heterocycles. The average Bonchev–Trinajstić information content (AvgIpc) is 2.92. The van der Waals surface area contributed by atoms with Crippen molar-refractivity contribution in [3.8, 4) is 0 Å². The second kappa shape index (κ2) is 10.4. The third kappa shape index (κ3) is 5.05. The molecule has 5 rings (SSSR count). The number of carbonyl (C=O) groups is 1. The van der Waals surface area contributed by atoms with Gasteiger partial charge in [0.1, 0.15) is 11.6 Å². The Morgan fingerprint density at radius 1 is 1.03 bits per heavy atom. The first kappa shape index (κ1) is 24.5. The predicted molar refractivity (Wildman–Crippen MR) is 145 cm³/mol. The summed E-state index contributed by atoms with van der Waals surface area (Å²) in [6, 6.07) is 18.2. The second-order valence-electron chi connectivity index (χ2n) is 9.28. The highest BCUT2D eigenvalue weighted by atomic mass is 19.1. The van der Waals surface area contributed by atoms with E-state index in [1.807, 2.05) is 56.4 Å². The zero-order valence-corrected chi connectivity index (χ0v) is 21.2. The molecule has 0 saturated carbocycles. The number of rotatable bonds is 6. The van der Waals surface area contributed by atoms with E-state index >= 15 is 0 Å². The van der Waals surface area contributed by atoms with E-state index in [-0.39, 0.29) is 17.8 Å². The van der Waals surface area contributed by atoms with Crippen LogP contribution in [0.4, 0.5) is 21.6 Å². The van der Waals surface area contributed by atoms with Crippen LogP contribution in [0.15, 0.2) is 66.9 Å². The number of nitrogens with one attached hydrogen (secondary N) is 1. The Morgan fingerprint density at radius 2 is 1.73 bits per heavy atom. The van der Waals surface area contributed by atoms with Crippen LogP contribution in [-0.2, 0) is 4.74 Å². The lowest BCUT2D eigenvalue weighted by molar-refractivity contribution is 0.0602. The molecule has 0 aliphatic carbocycles. The van der Waals surface area contributed by atoms with E-state index in [0.29, 0.717) is 30.0 Å². The molecular weight excluding hydrogens is 469 g/mol. The molecule has 3 aromatic carbocycles. The number of aromatic nitrogens is 2. The van der Waals surface area contributed by atoms with E-state index in [2.05, 4.69) is 21.2 Å². The molecule has 1 aliphatic rings. The monoisotopic (exact) mass is 499 g/mol. The van der Waals surface area contributed by atoms with E-state index in [4.69, 9.17) is 14.7 Å². The van der Waals surface area contributed by atoms with E-state index < -0.39 is 0 Å². The number of methoxy groups -OCH3 is 1. The van der Waals surface area contributed by atoms with Gasteiger partial charge in [0.2, 0.25) is 0 Å². The van der Waals surface area contributed by atoms with Gasteiger partial charge >= 0.3 is 5.97 Å². The molecule has 0 amide bonds. The molecule has 0 radical (unpaired) electrons. The van der Waals surface area contributed by atoms with Crippen LogP contribution in [0.3, 0.4) is 0 Å². The molecule has 190 valence electrons. The number of hydrogen-bond acceptors (Lipinski definition) is 7. The first-order valence-corrected chi connectivity index (χ1v) is 12.4. The molecule has 2 heterocycles. The lowest BCUT2D eigenvalue weighted by Gasteiger charge is -2.36. The van der Waals surface area contributed by atoms with Crippen molar-refractivity contribution in [3.63, 3.8) is 0 Å². The van der Waals surface area contributed by atoms with Gasteiger partial charge in [-0.25, -0.2) is 14.2 Å². The number of piperazine rings is 1. The van der Waals surface area contributed by atoms with Crippen LogP contribution in [0.2, 0.25) is 0 Å². The summed E-state index contributed by atoms with van der Waals surface area (Å²) in [5, 5.41) is 3.47. The topological polar surface area (TPSA) is 70.6 Å². The van der Waals surface area contributed by atoms with Gasteiger partial charge in [0.15, 0.2) is 0 Å². The molecule has 0 bridgehead atoms. The highest BCUT2D eigenvalue weighted by molar-refractivity contribution is 5.95. The van der Waals surface area contributed by atoms with Crippen LogP contribution in [0.25, 0.3) is 11.0 Å². The first-order valence-electron chi connectivity index (χ1n) is 12.4. The van der Waals surface area contributed by atoms with Gasteiger partial charge in [0.25, 0.3) is 0 Å². The van der Waals surface area contributed by atoms with Crippen LogP contribution in [0.1, 0.15) is 34.5 Å². The maximum absolute atomic E-state index is 14.3. The highest BCUT2D eigenvalue weighted by Crippen LogP contribution is 2.30. The minimum Gasteiger partial charge on any atom is -0.465 e. The molecule has 1 unspecified atom stereocenters. The van der Waals surface area contributed by atoms with Crippen LogP contribution < -0.4 is 15.1 Å². The predicted octanol–water partition coefficient (Wildman–Crippen LogP) is 5.36. The van der Waals surface area contributed by atoms with E-state index in [1.165, 1.54) is 13.2 Å². The number of para-hydroxylation sites is 2. The van der Waals surface area contributed by atoms with Crippen molar-refractivity contribution in [1.29, 1.82) is 0 Å². The van der Waals surface area contributed by atoms with Gasteiger partial charge in [-0.15, -0.1) is 0 Å². The summed E-state index contributed by atoms with van der Waals surface area (Å²) in [7, 11) is 1.38. The Labute approximate surface area is 215 Å². The Balaban J connectivity index is 1.41. The highest BCUT2D eigenvalue weighted by Gasteiger charge is 2.22. The zero-order valence-electron chi connectivity index (χ0n) is 21.2. The molecule has 8 heteroatoms. The standard InChI is InChI=1S/C29H30FN5O2/c1-19-16-22(20(2)32-24-10-6-4-8-21(24)29(36)37-3)28-25(17-19)31-18-27(33-28)35-14-12-34(13-15-35)26-11-7-5-9-23(26)30/h4-11,16-18,20,32H,12-15H2,1-3H3. The van der Waals surface area contributed by atoms with Crippen LogP contribution in [0.5, 0.6) is 0 Å². The van der Waals surface area contributed by atoms with Gasteiger partial charge in [-0.1, -0.05) is 30.3 Å². The Bertz CT molecular complexity index is 1440. The molecule has 4 aromatic rings. The van der Waals surface area contributed by atoms with Gasteiger partial charge in [0.05, 0.1) is 41.6 Å². The second-order valence-corrected chi connectivity index (χ2v) is 9.28. The minimum absolute atomic E-state index is 0.143. The van der Waals surface area contributed by atoms with Crippen molar-refractivity contribution in [3.05, 3.63) is 89.4 Å². The summed E-state index contributed by atoms with van der Waals surface area (Å²) in [5.41, 5.74) is 5.52. The summed E-state index contributed by atoms with van der Waals surface area (Å²) in [6.45, 7) is 6.92. The van der Waals surface area contributed by atoms with E-state index in [1.54, 1.807) is 12.1 Å². The average molecular weight is 500 g/mol. The molecule has 0 spiro atoms. The van der Waals surface area contributed by atoms with Crippen molar-refractivity contribution in [2.24, 2.45) is 0 Å². The summed E-state index contributed by atoms with van der Waals surface area (Å²) >= 11 is 0. The number of ether oxygens (including phenoxy) is 1. The van der Waals surface area contributed by atoms with Crippen molar-refractivity contribution >= 4 is 34.2 Å². The van der Waals surface area contributed by atoms with Crippen LogP contribution >= 0.6 is 0 Å². The number of fused-ring (bicyclic) bond motifs is 1. The van der Waals surface area contributed by atoms with Crippen molar-refractivity contribution < 1.29 is 13.9 Å². The van der Waals surface area contributed by atoms with Crippen LogP contribution in [-0.4, -0.2) is 49.2 Å². The number of benzene rings is 3. The summed E-state index contributed by atoms with van der Waals surface area (Å²) in [6.07, 6.45) is 1.81. The maximum atomic E-state index is 14.3. The molecule has 37 heavy (non-hydrogen) atoms. The normalized spacial score (nSPS) is 14.5. The molecule has 1 N–H and O–H groups in total. The summed E-state index contributed by atoms with van der Waals surface area (Å²) in [5.74, 6) is 0.214. The molecule has 1 fully saturated rings. The van der Waals surface area contributed by atoms with Gasteiger partial charge < -0.3 is 19.9 Å². The number of anilines is 3. The molecule has 7 nitrogen and oxygen atoms in total. The number of aryl methyl sites for hydroxylation is 1. The molecular formula is C29H30FN5O2. The lowest BCUT2D eigenvalue weighted by atomic mass is 10.0. The molecule has 1 aromatic heterocycles. The first-order chi connectivity index (χ1) is 17.9. The zero-order chi connectivity index (χ0) is 25.9. The molecule has 1 saturated heterocycles. The quantitative estimate of drug-likeness (QED) is 0.358. The molecule has 1 atom stereocenters. The Hall–Kier alpha value is -4.20. The number of nitrogens with zero attached hydrogens (tertiary/aromatic N) is 4. The fourth-order valence-corrected chi connectivity index (χ4v) is 4.85. The van der Waals surface area contributed by atoms with E-state index in [0.717, 1.165) is 41.1 Å². The van der Waals surface area contributed by atoms with E-state index in [9.17, 15) is 9.18 Å². The minimum atomic E-state index is -0.388.